The van der Waals surface area contributed by atoms with E-state index in [1.807, 2.05) is 6.08 Å². The molecule has 3 N–H and O–H groups in total. The first-order valence-electron chi connectivity index (χ1n) is 6.81. The first-order chi connectivity index (χ1) is 10.7. The highest BCUT2D eigenvalue weighted by atomic mass is 16.2. The number of rotatable bonds is 3. The van der Waals surface area contributed by atoms with Gasteiger partial charge in [0.2, 0.25) is 6.41 Å². The van der Waals surface area contributed by atoms with E-state index < -0.39 is 0 Å². The standard InChI is InChI=1S/C17H16.CH3NO.CH4O/c1-3-4-6-15-7-5-8-17(13-15)16-11-9-14(2)10-12-16;2-1-3;1-2/h4-5,7-13H,1,6H2,2H3;1H,(H2,2,3);2H,1H3. The molecule has 2 aromatic rings. The van der Waals surface area contributed by atoms with Crippen molar-refractivity contribution in [3.8, 4) is 11.1 Å². The van der Waals surface area contributed by atoms with Crippen molar-refractivity contribution in [3.05, 3.63) is 78.0 Å². The maximum Gasteiger partial charge on any atom is 0.204 e. The van der Waals surface area contributed by atoms with Crippen molar-refractivity contribution in [2.45, 2.75) is 13.3 Å². The third-order valence-corrected chi connectivity index (χ3v) is 2.79. The molecule has 0 atom stereocenters. The summed E-state index contributed by atoms with van der Waals surface area (Å²) in [6.45, 7) is 5.69. The van der Waals surface area contributed by atoms with Crippen molar-refractivity contribution in [2.75, 3.05) is 7.11 Å². The number of aliphatic hydroxyl groups is 1. The van der Waals surface area contributed by atoms with E-state index in [0.717, 1.165) is 13.5 Å². The summed E-state index contributed by atoms with van der Waals surface area (Å²) in [5.41, 5.74) is 12.1. The lowest BCUT2D eigenvalue weighted by Crippen LogP contribution is -1.83. The predicted octanol–water partition coefficient (Wildman–Crippen LogP) is 3.26. The number of benzene rings is 2. The lowest BCUT2D eigenvalue weighted by Gasteiger charge is -2.04. The van der Waals surface area contributed by atoms with Gasteiger partial charge in [-0.25, -0.2) is 0 Å². The van der Waals surface area contributed by atoms with Crippen molar-refractivity contribution >= 4 is 6.41 Å². The Morgan fingerprint density at radius 2 is 1.73 bits per heavy atom. The molecular formula is C19H23NO2. The van der Waals surface area contributed by atoms with Crippen LogP contribution in [0.3, 0.4) is 0 Å². The van der Waals surface area contributed by atoms with Gasteiger partial charge in [-0.3, -0.25) is 4.79 Å². The van der Waals surface area contributed by atoms with E-state index in [2.05, 4.69) is 73.5 Å². The van der Waals surface area contributed by atoms with E-state index in [-0.39, 0.29) is 6.41 Å². The Balaban J connectivity index is 0.000000789. The Bertz CT molecular complexity index is 597. The molecule has 0 saturated heterocycles. The fourth-order valence-corrected chi connectivity index (χ4v) is 1.81. The normalized spacial score (nSPS) is 8.32. The number of primary amides is 1. The van der Waals surface area contributed by atoms with Gasteiger partial charge in [0.15, 0.2) is 0 Å². The van der Waals surface area contributed by atoms with Crippen LogP contribution < -0.4 is 5.73 Å². The molecular weight excluding hydrogens is 274 g/mol. The number of hydrogen-bond donors (Lipinski definition) is 2. The molecule has 116 valence electrons. The Labute approximate surface area is 132 Å². The van der Waals surface area contributed by atoms with Crippen molar-refractivity contribution < 1.29 is 9.90 Å². The highest BCUT2D eigenvalue weighted by Gasteiger charge is 1.98. The van der Waals surface area contributed by atoms with Crippen molar-refractivity contribution in [1.82, 2.24) is 0 Å². The second-order valence-electron chi connectivity index (χ2n) is 4.31. The molecule has 2 rings (SSSR count). The van der Waals surface area contributed by atoms with Gasteiger partial charge in [-0.2, -0.15) is 0 Å². The molecule has 0 aliphatic carbocycles. The highest BCUT2D eigenvalue weighted by Crippen LogP contribution is 2.21. The lowest BCUT2D eigenvalue weighted by molar-refractivity contribution is -0.106. The van der Waals surface area contributed by atoms with Crippen LogP contribution in [0.2, 0.25) is 0 Å². The second kappa shape index (κ2) is 12.2. The van der Waals surface area contributed by atoms with Crippen LogP contribution >= 0.6 is 0 Å². The Morgan fingerprint density at radius 3 is 2.27 bits per heavy atom. The summed E-state index contributed by atoms with van der Waals surface area (Å²) < 4.78 is 0. The monoisotopic (exact) mass is 297 g/mol. The van der Waals surface area contributed by atoms with Gasteiger partial charge in [-0.15, -0.1) is 5.73 Å². The molecule has 2 aromatic carbocycles. The average Bonchev–Trinajstić information content (AvgIpc) is 2.56. The number of aryl methyl sites for hydroxylation is 1. The summed E-state index contributed by atoms with van der Waals surface area (Å²) >= 11 is 0. The van der Waals surface area contributed by atoms with Crippen LogP contribution in [0.25, 0.3) is 11.1 Å². The number of allylic oxidation sites excluding steroid dienone is 1. The van der Waals surface area contributed by atoms with Crippen LogP contribution in [0.4, 0.5) is 0 Å². The van der Waals surface area contributed by atoms with Crippen LogP contribution in [0, 0.1) is 6.92 Å². The highest BCUT2D eigenvalue weighted by molar-refractivity contribution is 5.64. The lowest BCUT2D eigenvalue weighted by atomic mass is 10.0. The van der Waals surface area contributed by atoms with Crippen LogP contribution in [-0.4, -0.2) is 18.6 Å². The summed E-state index contributed by atoms with van der Waals surface area (Å²) in [6.07, 6.45) is 3.09. The van der Waals surface area contributed by atoms with E-state index in [0.29, 0.717) is 0 Å². The quantitative estimate of drug-likeness (QED) is 0.674. The van der Waals surface area contributed by atoms with Gasteiger partial charge in [-0.1, -0.05) is 60.7 Å². The van der Waals surface area contributed by atoms with Crippen molar-refractivity contribution in [3.63, 3.8) is 0 Å². The zero-order valence-electron chi connectivity index (χ0n) is 13.1. The van der Waals surface area contributed by atoms with E-state index in [1.165, 1.54) is 22.3 Å². The van der Waals surface area contributed by atoms with Gasteiger partial charge in [0.25, 0.3) is 0 Å². The van der Waals surface area contributed by atoms with E-state index in [9.17, 15) is 0 Å². The molecule has 3 nitrogen and oxygen atoms in total. The molecule has 0 bridgehead atoms. The van der Waals surface area contributed by atoms with Crippen molar-refractivity contribution in [2.24, 2.45) is 5.73 Å². The summed E-state index contributed by atoms with van der Waals surface area (Å²) in [4.78, 5) is 8.58. The molecule has 0 saturated carbocycles. The molecule has 0 unspecified atom stereocenters. The smallest absolute Gasteiger partial charge is 0.204 e. The molecule has 0 aromatic heterocycles. The van der Waals surface area contributed by atoms with Crippen LogP contribution in [0.1, 0.15) is 11.1 Å². The maximum atomic E-state index is 8.58. The first kappa shape index (κ1) is 19.4. The summed E-state index contributed by atoms with van der Waals surface area (Å²) in [5, 5.41) is 7.00. The number of carbonyl (C=O) groups is 1. The average molecular weight is 297 g/mol. The van der Waals surface area contributed by atoms with Gasteiger partial charge >= 0.3 is 0 Å². The van der Waals surface area contributed by atoms with Gasteiger partial charge in [-0.05, 0) is 36.1 Å². The predicted molar refractivity (Wildman–Crippen MR) is 92.4 cm³/mol. The van der Waals surface area contributed by atoms with E-state index >= 15 is 0 Å². The molecule has 1 amide bonds. The Morgan fingerprint density at radius 1 is 1.14 bits per heavy atom. The summed E-state index contributed by atoms with van der Waals surface area (Å²) in [6, 6.07) is 17.2. The molecule has 0 aliphatic heterocycles. The van der Waals surface area contributed by atoms with Crippen molar-refractivity contribution in [1.29, 1.82) is 0 Å². The number of hydrogen-bond acceptors (Lipinski definition) is 2. The molecule has 0 aliphatic rings. The second-order valence-corrected chi connectivity index (χ2v) is 4.31. The van der Waals surface area contributed by atoms with Crippen LogP contribution in [0.15, 0.2) is 66.9 Å². The molecule has 0 radical (unpaired) electrons. The van der Waals surface area contributed by atoms with Gasteiger partial charge in [0, 0.05) is 7.11 Å². The number of carbonyl (C=O) groups excluding carboxylic acids is 1. The number of nitrogens with two attached hydrogens (primary N) is 1. The van der Waals surface area contributed by atoms with Gasteiger partial charge in [0.05, 0.1) is 0 Å². The summed E-state index contributed by atoms with van der Waals surface area (Å²) in [7, 11) is 1.00. The van der Waals surface area contributed by atoms with Gasteiger partial charge in [0.1, 0.15) is 0 Å². The molecule has 3 heteroatoms. The summed E-state index contributed by atoms with van der Waals surface area (Å²) in [5.74, 6) is 0. The fraction of sp³-hybridized carbons (Fsp3) is 0.158. The van der Waals surface area contributed by atoms with Gasteiger partial charge < -0.3 is 10.8 Å². The minimum atomic E-state index is 0.250. The van der Waals surface area contributed by atoms with E-state index in [4.69, 9.17) is 9.90 Å². The molecule has 22 heavy (non-hydrogen) atoms. The SMILES string of the molecule is C=C=CCc1cccc(-c2ccc(C)cc2)c1.CO.NC=O. The third kappa shape index (κ3) is 7.25. The topological polar surface area (TPSA) is 63.3 Å². The third-order valence-electron chi connectivity index (χ3n) is 2.79. The fourth-order valence-electron chi connectivity index (χ4n) is 1.81. The number of aliphatic hydroxyl groups excluding tert-OH is 1. The minimum absolute atomic E-state index is 0.250. The number of amides is 1. The minimum Gasteiger partial charge on any atom is -0.400 e. The Hall–Kier alpha value is -2.61. The molecule has 0 heterocycles. The maximum absolute atomic E-state index is 8.58. The first-order valence-corrected chi connectivity index (χ1v) is 6.81. The largest absolute Gasteiger partial charge is 0.400 e. The van der Waals surface area contributed by atoms with Crippen LogP contribution in [-0.2, 0) is 11.2 Å². The molecule has 0 fully saturated rings. The Kier molecular flexibility index (Phi) is 10.7. The zero-order chi connectivity index (χ0) is 16.8. The van der Waals surface area contributed by atoms with E-state index in [1.54, 1.807) is 0 Å². The molecule has 0 spiro atoms. The van der Waals surface area contributed by atoms with Crippen LogP contribution in [0.5, 0.6) is 0 Å². The zero-order valence-corrected chi connectivity index (χ0v) is 13.1.